The molecule has 0 heterocycles. The lowest BCUT2D eigenvalue weighted by molar-refractivity contribution is 0.0955. The summed E-state index contributed by atoms with van der Waals surface area (Å²) in [7, 11) is 0. The van der Waals surface area contributed by atoms with Gasteiger partial charge in [-0.3, -0.25) is 4.79 Å². The highest BCUT2D eigenvalue weighted by Crippen LogP contribution is 2.21. The summed E-state index contributed by atoms with van der Waals surface area (Å²) in [4.78, 5) is 11.9. The van der Waals surface area contributed by atoms with Crippen molar-refractivity contribution in [2.45, 2.75) is 13.8 Å². The van der Waals surface area contributed by atoms with Crippen molar-refractivity contribution in [1.29, 1.82) is 0 Å². The molecule has 2 rings (SSSR count). The first kappa shape index (κ1) is 15.5. The molecule has 2 aromatic carbocycles. The molecule has 0 spiro atoms. The number of rotatable bonds is 3. The van der Waals surface area contributed by atoms with Crippen LogP contribution in [0.1, 0.15) is 27.0 Å². The molecule has 108 valence electrons. The van der Waals surface area contributed by atoms with Gasteiger partial charge < -0.3 is 0 Å². The van der Waals surface area contributed by atoms with E-state index in [1.165, 1.54) is 6.21 Å². The van der Waals surface area contributed by atoms with E-state index in [2.05, 4.69) is 10.5 Å². The molecule has 0 aliphatic rings. The van der Waals surface area contributed by atoms with Crippen LogP contribution in [-0.4, -0.2) is 12.1 Å². The number of amides is 1. The van der Waals surface area contributed by atoms with Crippen molar-refractivity contribution >= 4 is 35.3 Å². The minimum Gasteiger partial charge on any atom is -0.267 e. The smallest absolute Gasteiger partial charge is 0.267 e. The third kappa shape index (κ3) is 4.06. The van der Waals surface area contributed by atoms with Gasteiger partial charge in [-0.25, -0.2) is 5.43 Å². The second-order valence-electron chi connectivity index (χ2n) is 4.67. The van der Waals surface area contributed by atoms with Gasteiger partial charge >= 0.3 is 0 Å². The molecule has 0 bridgehead atoms. The number of hydrazone groups is 1. The molecular weight excluding hydrogens is 307 g/mol. The fourth-order valence-electron chi connectivity index (χ4n) is 1.71. The topological polar surface area (TPSA) is 41.5 Å². The van der Waals surface area contributed by atoms with E-state index >= 15 is 0 Å². The summed E-state index contributed by atoms with van der Waals surface area (Å²) in [5, 5.41) is 4.84. The van der Waals surface area contributed by atoms with Crippen LogP contribution in [0.2, 0.25) is 10.0 Å². The minimum absolute atomic E-state index is 0.255. The van der Waals surface area contributed by atoms with Crippen molar-refractivity contribution < 1.29 is 4.79 Å². The number of carbonyl (C=O) groups is 1. The van der Waals surface area contributed by atoms with Gasteiger partial charge in [0, 0.05) is 5.56 Å². The van der Waals surface area contributed by atoms with Gasteiger partial charge in [-0.1, -0.05) is 35.3 Å². The zero-order chi connectivity index (χ0) is 15.4. The van der Waals surface area contributed by atoms with E-state index in [-0.39, 0.29) is 5.91 Å². The van der Waals surface area contributed by atoms with Crippen LogP contribution in [0.3, 0.4) is 0 Å². The van der Waals surface area contributed by atoms with Crippen LogP contribution >= 0.6 is 23.2 Å². The van der Waals surface area contributed by atoms with E-state index in [1.807, 2.05) is 26.0 Å². The predicted molar refractivity (Wildman–Crippen MR) is 87.4 cm³/mol. The number of hydrogen-bond donors (Lipinski definition) is 1. The SMILES string of the molecule is Cc1ccc(C(=O)NN=Cc2ccc(Cl)c(Cl)c2)cc1C. The Morgan fingerprint density at radius 2 is 1.81 bits per heavy atom. The monoisotopic (exact) mass is 320 g/mol. The number of carbonyl (C=O) groups excluding carboxylic acids is 1. The van der Waals surface area contributed by atoms with Crippen LogP contribution in [0.5, 0.6) is 0 Å². The average molecular weight is 321 g/mol. The molecule has 3 nitrogen and oxygen atoms in total. The third-order valence-corrected chi connectivity index (χ3v) is 3.83. The lowest BCUT2D eigenvalue weighted by atomic mass is 10.1. The normalized spacial score (nSPS) is 10.9. The maximum absolute atomic E-state index is 11.9. The van der Waals surface area contributed by atoms with Crippen LogP contribution in [0, 0.1) is 13.8 Å². The Labute approximate surface area is 133 Å². The molecule has 0 fully saturated rings. The molecule has 5 heteroatoms. The fourth-order valence-corrected chi connectivity index (χ4v) is 2.01. The zero-order valence-electron chi connectivity index (χ0n) is 11.7. The lowest BCUT2D eigenvalue weighted by Crippen LogP contribution is -2.17. The first-order chi connectivity index (χ1) is 9.97. The molecule has 21 heavy (non-hydrogen) atoms. The van der Waals surface area contributed by atoms with Gasteiger partial charge in [0.05, 0.1) is 16.3 Å². The van der Waals surface area contributed by atoms with Crippen molar-refractivity contribution in [2.24, 2.45) is 5.10 Å². The Bertz CT molecular complexity index is 711. The molecule has 0 atom stereocenters. The number of aryl methyl sites for hydroxylation is 2. The van der Waals surface area contributed by atoms with Gasteiger partial charge in [-0.2, -0.15) is 5.10 Å². The molecule has 0 saturated heterocycles. The summed E-state index contributed by atoms with van der Waals surface area (Å²) in [5.74, 6) is -0.255. The van der Waals surface area contributed by atoms with Crippen molar-refractivity contribution in [3.8, 4) is 0 Å². The number of nitrogens with one attached hydrogen (secondary N) is 1. The molecule has 0 radical (unpaired) electrons. The van der Waals surface area contributed by atoms with Crippen molar-refractivity contribution in [3.05, 3.63) is 68.7 Å². The van der Waals surface area contributed by atoms with Gasteiger partial charge in [0.15, 0.2) is 0 Å². The first-order valence-electron chi connectivity index (χ1n) is 6.33. The Morgan fingerprint density at radius 1 is 1.05 bits per heavy atom. The molecule has 0 saturated carbocycles. The van der Waals surface area contributed by atoms with Crippen molar-refractivity contribution in [3.63, 3.8) is 0 Å². The Balaban J connectivity index is 2.04. The van der Waals surface area contributed by atoms with Crippen molar-refractivity contribution in [2.75, 3.05) is 0 Å². The number of hydrogen-bond acceptors (Lipinski definition) is 2. The van der Waals surface area contributed by atoms with Gasteiger partial charge in [-0.05, 0) is 54.8 Å². The van der Waals surface area contributed by atoms with E-state index in [0.717, 1.165) is 16.7 Å². The van der Waals surface area contributed by atoms with Gasteiger partial charge in [-0.15, -0.1) is 0 Å². The summed E-state index contributed by atoms with van der Waals surface area (Å²) in [5.41, 5.74) is 6.02. The van der Waals surface area contributed by atoms with Crippen LogP contribution in [-0.2, 0) is 0 Å². The predicted octanol–water partition coefficient (Wildman–Crippen LogP) is 4.37. The van der Waals surface area contributed by atoms with E-state index in [4.69, 9.17) is 23.2 Å². The highest BCUT2D eigenvalue weighted by Gasteiger charge is 2.05. The molecule has 0 unspecified atom stereocenters. The summed E-state index contributed by atoms with van der Waals surface area (Å²) < 4.78 is 0. The molecular formula is C16H14Cl2N2O. The maximum atomic E-state index is 11.9. The zero-order valence-corrected chi connectivity index (χ0v) is 13.2. The summed E-state index contributed by atoms with van der Waals surface area (Å²) in [6, 6.07) is 10.6. The van der Waals surface area contributed by atoms with Crippen LogP contribution in [0.25, 0.3) is 0 Å². The summed E-state index contributed by atoms with van der Waals surface area (Å²) >= 11 is 11.7. The van der Waals surface area contributed by atoms with Gasteiger partial charge in [0.1, 0.15) is 0 Å². The Hall–Kier alpha value is -1.84. The van der Waals surface area contributed by atoms with Crippen molar-refractivity contribution in [1.82, 2.24) is 5.43 Å². The summed E-state index contributed by atoms with van der Waals surface area (Å²) in [6.45, 7) is 3.96. The van der Waals surface area contributed by atoms with Crippen LogP contribution < -0.4 is 5.43 Å². The second-order valence-corrected chi connectivity index (χ2v) is 5.49. The van der Waals surface area contributed by atoms with Gasteiger partial charge in [0.2, 0.25) is 0 Å². The number of benzene rings is 2. The minimum atomic E-state index is -0.255. The average Bonchev–Trinajstić information content (AvgIpc) is 2.45. The Kier molecular flexibility index (Phi) is 4.99. The third-order valence-electron chi connectivity index (χ3n) is 3.09. The number of halogens is 2. The van der Waals surface area contributed by atoms with E-state index < -0.39 is 0 Å². The largest absolute Gasteiger partial charge is 0.271 e. The molecule has 0 aliphatic heterocycles. The summed E-state index contributed by atoms with van der Waals surface area (Å²) in [6.07, 6.45) is 1.52. The van der Waals surface area contributed by atoms with E-state index in [0.29, 0.717) is 15.6 Å². The fraction of sp³-hybridized carbons (Fsp3) is 0.125. The van der Waals surface area contributed by atoms with Gasteiger partial charge in [0.25, 0.3) is 5.91 Å². The second kappa shape index (κ2) is 6.74. The maximum Gasteiger partial charge on any atom is 0.271 e. The standard InChI is InChI=1S/C16H14Cl2N2O/c1-10-3-5-13(7-11(10)2)16(21)20-19-9-12-4-6-14(17)15(18)8-12/h3-9H,1-2H3,(H,20,21). The molecule has 0 aliphatic carbocycles. The van der Waals surface area contributed by atoms with E-state index in [9.17, 15) is 4.79 Å². The van der Waals surface area contributed by atoms with Crippen LogP contribution in [0.4, 0.5) is 0 Å². The molecule has 1 amide bonds. The highest BCUT2D eigenvalue weighted by atomic mass is 35.5. The van der Waals surface area contributed by atoms with E-state index in [1.54, 1.807) is 24.3 Å². The first-order valence-corrected chi connectivity index (χ1v) is 7.08. The number of nitrogens with zero attached hydrogens (tertiary/aromatic N) is 1. The Morgan fingerprint density at radius 3 is 2.48 bits per heavy atom. The quantitative estimate of drug-likeness (QED) is 0.662. The molecule has 0 aromatic heterocycles. The van der Waals surface area contributed by atoms with Crippen LogP contribution in [0.15, 0.2) is 41.5 Å². The highest BCUT2D eigenvalue weighted by molar-refractivity contribution is 6.42. The molecule has 1 N–H and O–H groups in total. The molecule has 2 aromatic rings. The lowest BCUT2D eigenvalue weighted by Gasteiger charge is -2.03.